The van der Waals surface area contributed by atoms with E-state index < -0.39 is 0 Å². The minimum atomic E-state index is -0.113. The number of carbonyl (C=O) groups is 2. The van der Waals surface area contributed by atoms with E-state index in [0.29, 0.717) is 10.6 Å². The van der Waals surface area contributed by atoms with Crippen molar-refractivity contribution in [3.05, 3.63) is 40.3 Å². The summed E-state index contributed by atoms with van der Waals surface area (Å²) in [6.07, 6.45) is 5.39. The van der Waals surface area contributed by atoms with Crippen molar-refractivity contribution >= 4 is 45.6 Å². The largest absolute Gasteiger partial charge is 0.326 e. The molecule has 1 aromatic heterocycles. The van der Waals surface area contributed by atoms with Crippen LogP contribution in [0.15, 0.2) is 29.2 Å². The molecule has 2 N–H and O–H groups in total. The fourth-order valence-electron chi connectivity index (χ4n) is 3.10. The lowest BCUT2D eigenvalue weighted by atomic mass is 10.1. The second-order valence-corrected chi connectivity index (χ2v) is 8.58. The van der Waals surface area contributed by atoms with Crippen LogP contribution in [-0.2, 0) is 22.4 Å². The predicted molar refractivity (Wildman–Crippen MR) is 110 cm³/mol. The maximum absolute atomic E-state index is 12.4. The highest BCUT2D eigenvalue weighted by Gasteiger charge is 2.20. The molecule has 0 spiro atoms. The van der Waals surface area contributed by atoms with Gasteiger partial charge in [-0.3, -0.25) is 9.59 Å². The van der Waals surface area contributed by atoms with Crippen molar-refractivity contribution in [2.24, 2.45) is 0 Å². The number of amides is 2. The second-order valence-electron chi connectivity index (χ2n) is 6.42. The van der Waals surface area contributed by atoms with Gasteiger partial charge in [-0.25, -0.2) is 0 Å². The van der Waals surface area contributed by atoms with E-state index in [1.165, 1.54) is 30.0 Å². The summed E-state index contributed by atoms with van der Waals surface area (Å²) in [4.78, 5) is 25.6. The van der Waals surface area contributed by atoms with Gasteiger partial charge in [0.1, 0.15) is 11.1 Å². The van der Waals surface area contributed by atoms with Gasteiger partial charge in [-0.05, 0) is 55.5 Å². The molecular formula is C20H21N3O2S2. The molecule has 1 aliphatic rings. The summed E-state index contributed by atoms with van der Waals surface area (Å²) in [5.41, 5.74) is 2.52. The number of anilines is 2. The molecule has 1 aliphatic carbocycles. The molecular weight excluding hydrogens is 378 g/mol. The molecule has 0 saturated carbocycles. The van der Waals surface area contributed by atoms with Gasteiger partial charge in [-0.1, -0.05) is 6.42 Å². The highest BCUT2D eigenvalue weighted by atomic mass is 32.2. The zero-order chi connectivity index (χ0) is 19.2. The van der Waals surface area contributed by atoms with Crippen LogP contribution >= 0.6 is 23.1 Å². The number of nitriles is 1. The number of benzene rings is 1. The van der Waals surface area contributed by atoms with Gasteiger partial charge in [-0.15, -0.1) is 23.1 Å². The third kappa shape index (κ3) is 5.12. The second kappa shape index (κ2) is 9.07. The summed E-state index contributed by atoms with van der Waals surface area (Å²) in [6.45, 7) is 1.46. The number of fused-ring (bicyclic) bond motifs is 1. The Morgan fingerprint density at radius 3 is 2.59 bits per heavy atom. The maximum atomic E-state index is 12.4. The Bertz CT molecular complexity index is 882. The van der Waals surface area contributed by atoms with Gasteiger partial charge in [0.15, 0.2) is 0 Å². The van der Waals surface area contributed by atoms with Gasteiger partial charge in [0.2, 0.25) is 11.8 Å². The average molecular weight is 400 g/mol. The first kappa shape index (κ1) is 19.5. The number of aryl methyl sites for hydroxylation is 1. The van der Waals surface area contributed by atoms with Crippen molar-refractivity contribution in [3.63, 3.8) is 0 Å². The molecule has 0 aliphatic heterocycles. The number of carbonyl (C=O) groups excluding carboxylic acids is 2. The first-order valence-electron chi connectivity index (χ1n) is 8.91. The number of thioether (sulfide) groups is 1. The molecule has 0 radical (unpaired) electrons. The fraction of sp³-hybridized carbons (Fsp3) is 0.350. The zero-order valence-corrected chi connectivity index (χ0v) is 16.8. The molecule has 1 aromatic carbocycles. The van der Waals surface area contributed by atoms with Gasteiger partial charge >= 0.3 is 0 Å². The van der Waals surface area contributed by atoms with Crippen molar-refractivity contribution in [2.75, 3.05) is 16.4 Å². The maximum Gasteiger partial charge on any atom is 0.235 e. The predicted octanol–water partition coefficient (Wildman–Crippen LogP) is 4.58. The summed E-state index contributed by atoms with van der Waals surface area (Å²) in [7, 11) is 0. The topological polar surface area (TPSA) is 82.0 Å². The van der Waals surface area contributed by atoms with E-state index in [2.05, 4.69) is 16.7 Å². The number of nitrogens with one attached hydrogen (secondary N) is 2. The van der Waals surface area contributed by atoms with Crippen molar-refractivity contribution < 1.29 is 9.59 Å². The Morgan fingerprint density at radius 1 is 1.15 bits per heavy atom. The molecule has 1 heterocycles. The monoisotopic (exact) mass is 399 g/mol. The molecule has 0 unspecified atom stereocenters. The Kier molecular flexibility index (Phi) is 6.54. The molecule has 0 atom stereocenters. The Balaban J connectivity index is 1.60. The van der Waals surface area contributed by atoms with E-state index in [-0.39, 0.29) is 17.6 Å². The molecule has 0 bridgehead atoms. The van der Waals surface area contributed by atoms with Gasteiger partial charge in [0, 0.05) is 22.4 Å². The third-order valence-electron chi connectivity index (χ3n) is 4.33. The first-order valence-corrected chi connectivity index (χ1v) is 10.7. The minimum absolute atomic E-state index is 0.112. The van der Waals surface area contributed by atoms with E-state index in [4.69, 9.17) is 0 Å². The molecule has 3 rings (SSSR count). The zero-order valence-electron chi connectivity index (χ0n) is 15.1. The SMILES string of the molecule is CC(=O)Nc1ccc(SCC(=O)Nc2sc3c(c2C#N)CCCCC3)cc1. The summed E-state index contributed by atoms with van der Waals surface area (Å²) in [6, 6.07) is 9.65. The Morgan fingerprint density at radius 2 is 1.89 bits per heavy atom. The van der Waals surface area contributed by atoms with E-state index >= 15 is 0 Å². The summed E-state index contributed by atoms with van der Waals surface area (Å²) in [5.74, 6) is 0.0451. The van der Waals surface area contributed by atoms with Crippen molar-refractivity contribution in [3.8, 4) is 6.07 Å². The smallest absolute Gasteiger partial charge is 0.235 e. The van der Waals surface area contributed by atoms with Gasteiger partial charge in [0.25, 0.3) is 0 Å². The van der Waals surface area contributed by atoms with E-state index in [9.17, 15) is 14.9 Å². The summed E-state index contributed by atoms with van der Waals surface area (Å²) >= 11 is 2.98. The standard InChI is InChI=1S/C20H21N3O2S2/c1-13(24)22-14-7-9-15(10-8-14)26-12-19(25)23-20-17(11-21)16-5-3-2-4-6-18(16)27-20/h7-10H,2-6,12H2,1H3,(H,22,24)(H,23,25). The van der Waals surface area contributed by atoms with Crippen LogP contribution in [0.3, 0.4) is 0 Å². The van der Waals surface area contributed by atoms with Crippen LogP contribution in [0.5, 0.6) is 0 Å². The minimum Gasteiger partial charge on any atom is -0.326 e. The molecule has 2 amide bonds. The van der Waals surface area contributed by atoms with Crippen LogP contribution in [-0.4, -0.2) is 17.6 Å². The lowest BCUT2D eigenvalue weighted by Gasteiger charge is -2.06. The quantitative estimate of drug-likeness (QED) is 0.570. The van der Waals surface area contributed by atoms with Crippen LogP contribution in [0, 0.1) is 11.3 Å². The average Bonchev–Trinajstić information content (AvgIpc) is 2.80. The van der Waals surface area contributed by atoms with Crippen LogP contribution in [0.25, 0.3) is 0 Å². The molecule has 7 heteroatoms. The van der Waals surface area contributed by atoms with Crippen molar-refractivity contribution in [1.82, 2.24) is 0 Å². The van der Waals surface area contributed by atoms with Gasteiger partial charge in [0.05, 0.1) is 11.3 Å². The van der Waals surface area contributed by atoms with Gasteiger partial charge < -0.3 is 10.6 Å². The van der Waals surface area contributed by atoms with E-state index in [1.807, 2.05) is 24.3 Å². The highest BCUT2D eigenvalue weighted by Crippen LogP contribution is 2.37. The molecule has 5 nitrogen and oxygen atoms in total. The Hall–Kier alpha value is -2.30. The van der Waals surface area contributed by atoms with E-state index in [1.54, 1.807) is 11.3 Å². The van der Waals surface area contributed by atoms with Crippen LogP contribution in [0.1, 0.15) is 42.2 Å². The number of thiophene rings is 1. The number of hydrogen-bond donors (Lipinski definition) is 2. The summed E-state index contributed by atoms with van der Waals surface area (Å²) < 4.78 is 0. The normalized spacial score (nSPS) is 13.2. The third-order valence-corrected chi connectivity index (χ3v) is 6.55. The van der Waals surface area contributed by atoms with Crippen LogP contribution < -0.4 is 10.6 Å². The lowest BCUT2D eigenvalue weighted by Crippen LogP contribution is -2.14. The van der Waals surface area contributed by atoms with Crippen LogP contribution in [0.4, 0.5) is 10.7 Å². The fourth-order valence-corrected chi connectivity index (χ4v) is 5.05. The molecule has 2 aromatic rings. The van der Waals surface area contributed by atoms with E-state index in [0.717, 1.165) is 41.8 Å². The van der Waals surface area contributed by atoms with Crippen molar-refractivity contribution in [2.45, 2.75) is 43.9 Å². The Labute approximate surface area is 167 Å². The molecule has 27 heavy (non-hydrogen) atoms. The molecule has 0 saturated heterocycles. The first-order chi connectivity index (χ1) is 13.1. The number of rotatable bonds is 5. The number of hydrogen-bond acceptors (Lipinski definition) is 5. The van der Waals surface area contributed by atoms with Crippen LogP contribution in [0.2, 0.25) is 0 Å². The van der Waals surface area contributed by atoms with Gasteiger partial charge in [-0.2, -0.15) is 5.26 Å². The lowest BCUT2D eigenvalue weighted by molar-refractivity contribution is -0.114. The highest BCUT2D eigenvalue weighted by molar-refractivity contribution is 8.00. The molecule has 0 fully saturated rings. The van der Waals surface area contributed by atoms with Crippen molar-refractivity contribution in [1.29, 1.82) is 5.26 Å². The number of nitrogens with zero attached hydrogens (tertiary/aromatic N) is 1. The summed E-state index contributed by atoms with van der Waals surface area (Å²) in [5, 5.41) is 15.9. The molecule has 140 valence electrons.